The monoisotopic (exact) mass is 351 g/mol. The maximum absolute atomic E-state index is 5.97. The van der Waals surface area contributed by atoms with Gasteiger partial charge in [0.15, 0.2) is 0 Å². The van der Waals surface area contributed by atoms with Gasteiger partial charge in [-0.2, -0.15) is 0 Å². The third-order valence-corrected chi connectivity index (χ3v) is 4.98. The minimum atomic E-state index is 0.305. The molecule has 0 aromatic carbocycles. The Labute approximate surface area is 117 Å². The fourth-order valence-corrected chi connectivity index (χ4v) is 4.11. The third-order valence-electron chi connectivity index (χ3n) is 4.62. The lowest BCUT2D eigenvalue weighted by molar-refractivity contribution is -0.0139. The zero-order chi connectivity index (χ0) is 11.9. The Morgan fingerprint density at radius 1 is 1.53 bits per heavy atom. The predicted molar refractivity (Wildman–Crippen MR) is 75.5 cm³/mol. The van der Waals surface area contributed by atoms with Gasteiger partial charge in [-0.05, 0) is 45.6 Å². The van der Waals surface area contributed by atoms with Crippen LogP contribution in [0, 0.1) is 0 Å². The Bertz CT molecular complexity index is 287. The summed E-state index contributed by atoms with van der Waals surface area (Å²) in [6.07, 6.45) is 6.87. The molecule has 3 saturated heterocycles. The van der Waals surface area contributed by atoms with Crippen molar-refractivity contribution in [1.82, 2.24) is 4.90 Å². The average Bonchev–Trinajstić information content (AvgIpc) is 2.82. The van der Waals surface area contributed by atoms with E-state index in [1.54, 1.807) is 0 Å². The van der Waals surface area contributed by atoms with Gasteiger partial charge in [0, 0.05) is 18.2 Å². The van der Waals surface area contributed by atoms with Crippen molar-refractivity contribution in [3.05, 3.63) is 0 Å². The fraction of sp³-hybridized carbons (Fsp3) is 1.00. The molecule has 98 valence electrons. The molecule has 3 fully saturated rings. The van der Waals surface area contributed by atoms with Crippen LogP contribution in [0.5, 0.6) is 0 Å². The van der Waals surface area contributed by atoms with Gasteiger partial charge < -0.3 is 9.47 Å². The highest BCUT2D eigenvalue weighted by Gasteiger charge is 2.54. The Morgan fingerprint density at radius 2 is 2.41 bits per heavy atom. The largest absolute Gasteiger partial charge is 0.377 e. The molecule has 4 unspecified atom stereocenters. The summed E-state index contributed by atoms with van der Waals surface area (Å²) >= 11 is 2.35. The van der Waals surface area contributed by atoms with Crippen molar-refractivity contribution in [3.63, 3.8) is 0 Å². The number of fused-ring (bicyclic) bond motifs is 3. The van der Waals surface area contributed by atoms with Crippen LogP contribution in [0.25, 0.3) is 0 Å². The van der Waals surface area contributed by atoms with Crippen molar-refractivity contribution >= 4 is 22.6 Å². The molecule has 3 aliphatic heterocycles. The van der Waals surface area contributed by atoms with Crippen molar-refractivity contribution in [2.45, 2.75) is 60.8 Å². The number of alkyl halides is 1. The summed E-state index contributed by atoms with van der Waals surface area (Å²) in [5.74, 6) is 0. The van der Waals surface area contributed by atoms with Crippen molar-refractivity contribution in [2.24, 2.45) is 0 Å². The van der Waals surface area contributed by atoms with E-state index < -0.39 is 0 Å². The Hall–Kier alpha value is 0.610. The molecule has 0 amide bonds. The van der Waals surface area contributed by atoms with E-state index in [9.17, 15) is 0 Å². The molecule has 17 heavy (non-hydrogen) atoms. The molecule has 3 nitrogen and oxygen atoms in total. The SMILES string of the molecule is CC(I)OCC12CCCN1C1CCCOC1C2. The average molecular weight is 351 g/mol. The number of rotatable bonds is 3. The van der Waals surface area contributed by atoms with E-state index in [0.717, 1.165) is 13.2 Å². The molecular weight excluding hydrogens is 329 g/mol. The molecule has 0 aromatic heterocycles. The summed E-state index contributed by atoms with van der Waals surface area (Å²) in [6.45, 7) is 5.24. The van der Waals surface area contributed by atoms with Crippen molar-refractivity contribution < 1.29 is 9.47 Å². The summed E-state index contributed by atoms with van der Waals surface area (Å²) in [4.78, 5) is 2.72. The standard InChI is InChI=1S/C13H22INO2/c1-10(14)17-9-13-5-3-6-15(13)11-4-2-7-16-12(11)8-13/h10-12H,2-9H2,1H3. The van der Waals surface area contributed by atoms with Crippen LogP contribution in [0.4, 0.5) is 0 Å². The minimum Gasteiger partial charge on any atom is -0.377 e. The lowest BCUT2D eigenvalue weighted by Crippen LogP contribution is -2.47. The summed E-state index contributed by atoms with van der Waals surface area (Å²) < 4.78 is 12.2. The van der Waals surface area contributed by atoms with Crippen LogP contribution in [-0.2, 0) is 9.47 Å². The minimum absolute atomic E-state index is 0.305. The summed E-state index contributed by atoms with van der Waals surface area (Å²) in [7, 11) is 0. The molecule has 4 atom stereocenters. The van der Waals surface area contributed by atoms with Crippen molar-refractivity contribution in [2.75, 3.05) is 19.8 Å². The van der Waals surface area contributed by atoms with Gasteiger partial charge in [-0.1, -0.05) is 22.6 Å². The number of hydrogen-bond acceptors (Lipinski definition) is 3. The van der Waals surface area contributed by atoms with Gasteiger partial charge in [-0.15, -0.1) is 0 Å². The summed E-state index contributed by atoms with van der Waals surface area (Å²) in [5.41, 5.74) is 0.305. The van der Waals surface area contributed by atoms with E-state index in [2.05, 4.69) is 34.4 Å². The van der Waals surface area contributed by atoms with E-state index in [-0.39, 0.29) is 0 Å². The lowest BCUT2D eigenvalue weighted by atomic mass is 9.93. The molecule has 3 rings (SSSR count). The highest BCUT2D eigenvalue weighted by Crippen LogP contribution is 2.46. The second kappa shape index (κ2) is 4.94. The quantitative estimate of drug-likeness (QED) is 0.576. The Balaban J connectivity index is 1.73. The van der Waals surface area contributed by atoms with Crippen LogP contribution in [-0.4, -0.2) is 46.5 Å². The zero-order valence-electron chi connectivity index (χ0n) is 10.5. The molecule has 4 heteroatoms. The molecule has 0 N–H and O–H groups in total. The van der Waals surface area contributed by atoms with E-state index in [1.807, 2.05) is 0 Å². The molecule has 3 aliphatic rings. The van der Waals surface area contributed by atoms with E-state index in [4.69, 9.17) is 9.47 Å². The van der Waals surface area contributed by atoms with Gasteiger partial charge in [0.1, 0.15) is 4.11 Å². The van der Waals surface area contributed by atoms with Gasteiger partial charge in [-0.3, -0.25) is 4.90 Å². The van der Waals surface area contributed by atoms with Crippen molar-refractivity contribution in [3.8, 4) is 0 Å². The van der Waals surface area contributed by atoms with Crippen LogP contribution < -0.4 is 0 Å². The van der Waals surface area contributed by atoms with Crippen molar-refractivity contribution in [1.29, 1.82) is 0 Å². The maximum atomic E-state index is 5.97. The highest BCUT2D eigenvalue weighted by molar-refractivity contribution is 14.1. The van der Waals surface area contributed by atoms with E-state index in [1.165, 1.54) is 38.6 Å². The topological polar surface area (TPSA) is 21.7 Å². The van der Waals surface area contributed by atoms with Crippen LogP contribution >= 0.6 is 22.6 Å². The molecule has 0 radical (unpaired) electrons. The van der Waals surface area contributed by atoms with Crippen LogP contribution in [0.1, 0.15) is 39.0 Å². The first-order valence-corrected chi connectivity index (χ1v) is 8.10. The van der Waals surface area contributed by atoms with E-state index >= 15 is 0 Å². The first-order valence-electron chi connectivity index (χ1n) is 6.85. The van der Waals surface area contributed by atoms with Gasteiger partial charge in [0.25, 0.3) is 0 Å². The fourth-order valence-electron chi connectivity index (χ4n) is 3.93. The molecular formula is C13H22INO2. The first-order chi connectivity index (χ1) is 8.21. The first kappa shape index (κ1) is 12.6. The molecule has 0 aliphatic carbocycles. The molecule has 0 spiro atoms. The Morgan fingerprint density at radius 3 is 3.24 bits per heavy atom. The summed E-state index contributed by atoms with van der Waals surface area (Å²) in [6, 6.07) is 0.680. The maximum Gasteiger partial charge on any atom is 0.106 e. The summed E-state index contributed by atoms with van der Waals surface area (Å²) in [5, 5.41) is 0. The molecule has 3 heterocycles. The molecule has 0 saturated carbocycles. The normalized spacial score (nSPS) is 43.4. The molecule has 0 aromatic rings. The Kier molecular flexibility index (Phi) is 3.67. The smallest absolute Gasteiger partial charge is 0.106 e. The number of hydrogen-bond donors (Lipinski definition) is 0. The van der Waals surface area contributed by atoms with E-state index in [0.29, 0.717) is 21.8 Å². The lowest BCUT2D eigenvalue weighted by Gasteiger charge is -2.35. The molecule has 0 bridgehead atoms. The second-order valence-electron chi connectivity index (χ2n) is 5.70. The predicted octanol–water partition coefficient (Wildman–Crippen LogP) is 2.57. The van der Waals surface area contributed by atoms with Crippen LogP contribution in [0.3, 0.4) is 0 Å². The van der Waals surface area contributed by atoms with Gasteiger partial charge in [0.05, 0.1) is 12.7 Å². The van der Waals surface area contributed by atoms with Gasteiger partial charge in [0.2, 0.25) is 0 Å². The number of nitrogens with zero attached hydrogens (tertiary/aromatic N) is 1. The van der Waals surface area contributed by atoms with Crippen LogP contribution in [0.15, 0.2) is 0 Å². The zero-order valence-corrected chi connectivity index (χ0v) is 12.7. The second-order valence-corrected chi connectivity index (χ2v) is 7.45. The van der Waals surface area contributed by atoms with Gasteiger partial charge >= 0.3 is 0 Å². The number of halogens is 1. The third kappa shape index (κ3) is 2.26. The van der Waals surface area contributed by atoms with Crippen LogP contribution in [0.2, 0.25) is 0 Å². The highest BCUT2D eigenvalue weighted by atomic mass is 127. The van der Waals surface area contributed by atoms with Gasteiger partial charge in [-0.25, -0.2) is 0 Å². The number of ether oxygens (including phenoxy) is 2.